The zero-order chi connectivity index (χ0) is 14.3. The van der Waals surface area contributed by atoms with Gasteiger partial charge in [0, 0.05) is 6.61 Å². The number of thioether (sulfide) groups is 1. The van der Waals surface area contributed by atoms with E-state index < -0.39 is 11.7 Å². The van der Waals surface area contributed by atoms with Gasteiger partial charge in [-0.1, -0.05) is 0 Å². The average Bonchev–Trinajstić information content (AvgIpc) is 2.29. The Kier molecular flexibility index (Phi) is 6.96. The maximum absolute atomic E-state index is 10.9. The van der Waals surface area contributed by atoms with E-state index in [0.29, 0.717) is 18.5 Å². The minimum Gasteiger partial charge on any atom is -0.444 e. The van der Waals surface area contributed by atoms with Gasteiger partial charge in [0.25, 0.3) is 0 Å². The van der Waals surface area contributed by atoms with Crippen LogP contribution in [0.2, 0.25) is 0 Å². The van der Waals surface area contributed by atoms with E-state index >= 15 is 0 Å². The molecule has 2 N–H and O–H groups in total. The lowest BCUT2D eigenvalue weighted by Gasteiger charge is -2.36. The van der Waals surface area contributed by atoms with E-state index in [-0.39, 0.29) is 6.10 Å². The fraction of sp³-hybridized carbons (Fsp3) is 0.923. The molecule has 5 nitrogen and oxygen atoms in total. The summed E-state index contributed by atoms with van der Waals surface area (Å²) in [7, 11) is 0. The zero-order valence-corrected chi connectivity index (χ0v) is 12.8. The molecule has 112 valence electrons. The van der Waals surface area contributed by atoms with Crippen LogP contribution >= 0.6 is 11.8 Å². The van der Waals surface area contributed by atoms with Crippen LogP contribution in [0.3, 0.4) is 0 Å². The highest BCUT2D eigenvalue weighted by atomic mass is 32.2. The average molecular weight is 291 g/mol. The molecule has 0 bridgehead atoms. The first-order valence-electron chi connectivity index (χ1n) is 6.61. The Morgan fingerprint density at radius 1 is 1.53 bits per heavy atom. The van der Waals surface area contributed by atoms with Crippen molar-refractivity contribution in [2.24, 2.45) is 11.7 Å². The highest BCUT2D eigenvalue weighted by Gasteiger charge is 2.33. The summed E-state index contributed by atoms with van der Waals surface area (Å²) in [6.07, 6.45) is 4.20. The number of ether oxygens (including phenoxy) is 3. The molecule has 1 heterocycles. The second-order valence-corrected chi connectivity index (χ2v) is 6.29. The maximum Gasteiger partial charge on any atom is 0.405 e. The molecule has 1 amide bonds. The third kappa shape index (κ3) is 6.49. The topological polar surface area (TPSA) is 70.8 Å². The Morgan fingerprint density at radius 2 is 2.26 bits per heavy atom. The predicted molar refractivity (Wildman–Crippen MR) is 76.2 cm³/mol. The summed E-state index contributed by atoms with van der Waals surface area (Å²) in [4.78, 5) is 10.9. The number of hydrogen-bond donors (Lipinski definition) is 1. The van der Waals surface area contributed by atoms with Crippen LogP contribution < -0.4 is 5.73 Å². The molecular formula is C13H25NO4S. The van der Waals surface area contributed by atoms with Crippen LogP contribution in [0.1, 0.15) is 33.1 Å². The van der Waals surface area contributed by atoms with Gasteiger partial charge in [0.1, 0.15) is 5.60 Å². The number of amides is 1. The zero-order valence-electron chi connectivity index (χ0n) is 12.0. The molecule has 0 aliphatic carbocycles. The van der Waals surface area contributed by atoms with Crippen LogP contribution in [-0.2, 0) is 14.2 Å². The molecule has 0 saturated carbocycles. The number of primary amides is 1. The summed E-state index contributed by atoms with van der Waals surface area (Å²) in [5, 5.41) is 0. The number of nitrogens with two attached hydrogens (primary N) is 1. The van der Waals surface area contributed by atoms with E-state index in [4.69, 9.17) is 19.9 Å². The van der Waals surface area contributed by atoms with Crippen molar-refractivity contribution >= 4 is 17.9 Å². The fourth-order valence-corrected chi connectivity index (χ4v) is 2.78. The van der Waals surface area contributed by atoms with Crippen molar-refractivity contribution in [3.63, 3.8) is 0 Å². The minimum atomic E-state index is -0.725. The van der Waals surface area contributed by atoms with Gasteiger partial charge in [-0.05, 0) is 45.3 Å². The van der Waals surface area contributed by atoms with Crippen molar-refractivity contribution in [2.45, 2.75) is 44.8 Å². The molecule has 1 aliphatic heterocycles. The van der Waals surface area contributed by atoms with Crippen molar-refractivity contribution in [1.82, 2.24) is 0 Å². The first kappa shape index (κ1) is 16.6. The van der Waals surface area contributed by atoms with E-state index in [1.807, 2.05) is 20.1 Å². The van der Waals surface area contributed by atoms with Gasteiger partial charge in [-0.2, -0.15) is 0 Å². The quantitative estimate of drug-likeness (QED) is 0.576. The monoisotopic (exact) mass is 291 g/mol. The standard InChI is InChI=1S/C13H25NO4S/c1-13(2,18-12(14)15)7-10-5-4-6-17-11(10)8-16-9-19-3/h10-11H,4-9H2,1-3H3,(H2,14,15). The third-order valence-electron chi connectivity index (χ3n) is 3.19. The molecule has 0 spiro atoms. The summed E-state index contributed by atoms with van der Waals surface area (Å²) >= 11 is 1.65. The molecule has 1 saturated heterocycles. The van der Waals surface area contributed by atoms with Crippen LogP contribution in [-0.4, -0.2) is 43.2 Å². The van der Waals surface area contributed by atoms with Crippen LogP contribution in [0.25, 0.3) is 0 Å². The van der Waals surface area contributed by atoms with Crippen LogP contribution in [0.15, 0.2) is 0 Å². The van der Waals surface area contributed by atoms with Crippen molar-refractivity contribution in [2.75, 3.05) is 25.4 Å². The number of hydrogen-bond acceptors (Lipinski definition) is 5. The van der Waals surface area contributed by atoms with Gasteiger partial charge in [-0.15, -0.1) is 11.8 Å². The van der Waals surface area contributed by atoms with Gasteiger partial charge in [-0.25, -0.2) is 4.79 Å². The van der Waals surface area contributed by atoms with E-state index in [2.05, 4.69) is 0 Å². The first-order valence-corrected chi connectivity index (χ1v) is 8.01. The molecular weight excluding hydrogens is 266 g/mol. The molecule has 0 aromatic rings. The second kappa shape index (κ2) is 7.97. The Morgan fingerprint density at radius 3 is 2.89 bits per heavy atom. The fourth-order valence-electron chi connectivity index (χ4n) is 2.51. The molecule has 2 unspecified atom stereocenters. The lowest BCUT2D eigenvalue weighted by atomic mass is 9.84. The van der Waals surface area contributed by atoms with Crippen LogP contribution in [0, 0.1) is 5.92 Å². The van der Waals surface area contributed by atoms with Crippen molar-refractivity contribution in [1.29, 1.82) is 0 Å². The lowest BCUT2D eigenvalue weighted by Crippen LogP contribution is -2.40. The van der Waals surface area contributed by atoms with Crippen LogP contribution in [0.4, 0.5) is 4.79 Å². The number of carbonyl (C=O) groups excluding carboxylic acids is 1. The maximum atomic E-state index is 10.9. The molecule has 1 rings (SSSR count). The van der Waals surface area contributed by atoms with Gasteiger partial charge in [0.05, 0.1) is 18.6 Å². The summed E-state index contributed by atoms with van der Waals surface area (Å²) in [5.41, 5.74) is 4.54. The predicted octanol–water partition coefficient (Wildman–Crippen LogP) is 2.38. The van der Waals surface area contributed by atoms with Crippen molar-refractivity contribution < 1.29 is 19.0 Å². The molecule has 1 fully saturated rings. The Balaban J connectivity index is 2.49. The van der Waals surface area contributed by atoms with Gasteiger partial charge < -0.3 is 19.9 Å². The van der Waals surface area contributed by atoms with Gasteiger partial charge in [0.15, 0.2) is 0 Å². The van der Waals surface area contributed by atoms with Gasteiger partial charge in [-0.3, -0.25) is 0 Å². The highest BCUT2D eigenvalue weighted by Crippen LogP contribution is 2.31. The van der Waals surface area contributed by atoms with Crippen molar-refractivity contribution in [3.8, 4) is 0 Å². The van der Waals surface area contributed by atoms with E-state index in [0.717, 1.165) is 25.9 Å². The van der Waals surface area contributed by atoms with Gasteiger partial charge >= 0.3 is 6.09 Å². The third-order valence-corrected chi connectivity index (χ3v) is 3.59. The molecule has 0 radical (unpaired) electrons. The Labute approximate surface area is 119 Å². The van der Waals surface area contributed by atoms with Crippen LogP contribution in [0.5, 0.6) is 0 Å². The van der Waals surface area contributed by atoms with Gasteiger partial charge in [0.2, 0.25) is 0 Å². The normalized spacial score (nSPS) is 24.2. The van der Waals surface area contributed by atoms with E-state index in [1.165, 1.54) is 0 Å². The van der Waals surface area contributed by atoms with Crippen molar-refractivity contribution in [3.05, 3.63) is 0 Å². The molecule has 0 aromatic carbocycles. The molecule has 0 aromatic heterocycles. The number of carbonyl (C=O) groups is 1. The molecule has 2 atom stereocenters. The number of rotatable bonds is 7. The first-order chi connectivity index (χ1) is 8.94. The summed E-state index contributed by atoms with van der Waals surface area (Å²) < 4.78 is 16.5. The molecule has 19 heavy (non-hydrogen) atoms. The van der Waals surface area contributed by atoms with E-state index in [1.54, 1.807) is 11.8 Å². The summed E-state index contributed by atoms with van der Waals surface area (Å²) in [6, 6.07) is 0. The van der Waals surface area contributed by atoms with E-state index in [9.17, 15) is 4.79 Å². The smallest absolute Gasteiger partial charge is 0.405 e. The lowest BCUT2D eigenvalue weighted by molar-refractivity contribution is -0.0870. The SMILES string of the molecule is CSCOCC1OCCCC1CC(C)(C)OC(N)=O. The largest absolute Gasteiger partial charge is 0.444 e. The Bertz CT molecular complexity index is 286. The summed E-state index contributed by atoms with van der Waals surface area (Å²) in [5.74, 6) is 1.01. The highest BCUT2D eigenvalue weighted by molar-refractivity contribution is 7.98. The summed E-state index contributed by atoms with van der Waals surface area (Å²) in [6.45, 7) is 5.14. The minimum absolute atomic E-state index is 0.0802. The second-order valence-electron chi connectivity index (χ2n) is 5.47. The molecule has 1 aliphatic rings. The molecule has 6 heteroatoms. The Hall–Kier alpha value is -0.460.